The van der Waals surface area contributed by atoms with Crippen LogP contribution < -0.4 is 16.0 Å². The molecule has 1 amide bonds. The van der Waals surface area contributed by atoms with Crippen molar-refractivity contribution in [3.8, 4) is 0 Å². The molecule has 1 aliphatic carbocycles. The van der Waals surface area contributed by atoms with Crippen LogP contribution in [0.5, 0.6) is 0 Å². The Morgan fingerprint density at radius 1 is 1.40 bits per heavy atom. The van der Waals surface area contributed by atoms with Gasteiger partial charge >= 0.3 is 6.09 Å². The highest BCUT2D eigenvalue weighted by Crippen LogP contribution is 2.22. The van der Waals surface area contributed by atoms with Gasteiger partial charge in [0.15, 0.2) is 0 Å². The number of aryl methyl sites for hydroxylation is 1. The smallest absolute Gasteiger partial charge is 0.406 e. The summed E-state index contributed by atoms with van der Waals surface area (Å²) in [5, 5.41) is 17.9. The second-order valence-corrected chi connectivity index (χ2v) is 6.33. The van der Waals surface area contributed by atoms with Gasteiger partial charge in [-0.05, 0) is 44.7 Å². The minimum atomic E-state index is -0.423. The van der Waals surface area contributed by atoms with Crippen molar-refractivity contribution < 1.29 is 9.53 Å². The lowest BCUT2D eigenvalue weighted by Gasteiger charge is -2.18. The molecule has 2 rings (SSSR count). The number of ether oxygens (including phenoxy) is 1. The molecule has 1 atom stereocenters. The van der Waals surface area contributed by atoms with Gasteiger partial charge in [0, 0.05) is 36.4 Å². The van der Waals surface area contributed by atoms with E-state index in [1.165, 1.54) is 20.0 Å². The molecule has 1 unspecified atom stereocenters. The quantitative estimate of drug-likeness (QED) is 0.384. The third kappa shape index (κ3) is 6.01. The highest BCUT2D eigenvalue weighted by atomic mass is 16.5. The minimum Gasteiger partial charge on any atom is -0.453 e. The standard InChI is InChI=1S/C18H29N5O2/c1-4-13-8-9-15(16(19)12(2)22-14-6-7-14)17(23-13)20-10-5-11-21-18(24)25-3/h8-9,12,14,19,22H,4-7,10-11H2,1-3H3,(H,20,23)(H,21,24). The number of hydrogen-bond donors (Lipinski definition) is 4. The van der Waals surface area contributed by atoms with Crippen molar-refractivity contribution in [3.63, 3.8) is 0 Å². The highest BCUT2D eigenvalue weighted by Gasteiger charge is 2.25. The summed E-state index contributed by atoms with van der Waals surface area (Å²) in [6.07, 6.45) is 3.57. The Morgan fingerprint density at radius 3 is 2.80 bits per heavy atom. The number of carbonyl (C=O) groups is 1. The number of pyridine rings is 1. The summed E-state index contributed by atoms with van der Waals surface area (Å²) in [7, 11) is 1.35. The van der Waals surface area contributed by atoms with E-state index in [2.05, 4.69) is 32.6 Å². The Morgan fingerprint density at radius 2 is 2.16 bits per heavy atom. The molecule has 0 spiro atoms. The lowest BCUT2D eigenvalue weighted by atomic mass is 10.0. The first-order valence-electron chi connectivity index (χ1n) is 8.95. The first kappa shape index (κ1) is 19.2. The summed E-state index contributed by atoms with van der Waals surface area (Å²) in [6, 6.07) is 4.52. The zero-order chi connectivity index (χ0) is 18.2. The van der Waals surface area contributed by atoms with E-state index in [0.717, 1.165) is 29.9 Å². The second kappa shape index (κ2) is 9.36. The maximum absolute atomic E-state index is 11.0. The molecule has 4 N–H and O–H groups in total. The van der Waals surface area contributed by atoms with Crippen LogP contribution in [0.15, 0.2) is 12.1 Å². The van der Waals surface area contributed by atoms with E-state index < -0.39 is 6.09 Å². The fraction of sp³-hybridized carbons (Fsp3) is 0.611. The lowest BCUT2D eigenvalue weighted by Crippen LogP contribution is -2.36. The van der Waals surface area contributed by atoms with Crippen molar-refractivity contribution in [1.82, 2.24) is 15.6 Å². The van der Waals surface area contributed by atoms with Crippen molar-refractivity contribution in [2.75, 3.05) is 25.5 Å². The number of rotatable bonds is 10. The van der Waals surface area contributed by atoms with Crippen LogP contribution in [-0.2, 0) is 11.2 Å². The molecule has 7 nitrogen and oxygen atoms in total. The van der Waals surface area contributed by atoms with Crippen molar-refractivity contribution in [3.05, 3.63) is 23.4 Å². The highest BCUT2D eigenvalue weighted by molar-refractivity contribution is 6.05. The Kier molecular flexibility index (Phi) is 7.18. The summed E-state index contributed by atoms with van der Waals surface area (Å²) in [4.78, 5) is 15.7. The summed E-state index contributed by atoms with van der Waals surface area (Å²) >= 11 is 0. The molecule has 138 valence electrons. The molecule has 7 heteroatoms. The van der Waals surface area contributed by atoms with E-state index in [-0.39, 0.29) is 6.04 Å². The van der Waals surface area contributed by atoms with E-state index in [1.54, 1.807) is 0 Å². The number of nitrogens with zero attached hydrogens (tertiary/aromatic N) is 1. The van der Waals surface area contributed by atoms with Crippen molar-refractivity contribution >= 4 is 17.6 Å². The number of nitrogens with one attached hydrogen (secondary N) is 4. The number of amides is 1. The van der Waals surface area contributed by atoms with Gasteiger partial charge in [-0.1, -0.05) is 6.92 Å². The molecule has 1 heterocycles. The van der Waals surface area contributed by atoms with Gasteiger partial charge in [-0.15, -0.1) is 0 Å². The van der Waals surface area contributed by atoms with Crippen LogP contribution in [0.2, 0.25) is 0 Å². The second-order valence-electron chi connectivity index (χ2n) is 6.33. The number of aromatic nitrogens is 1. The Balaban J connectivity index is 1.96. The fourth-order valence-corrected chi connectivity index (χ4v) is 2.53. The Bertz CT molecular complexity index is 601. The lowest BCUT2D eigenvalue weighted by molar-refractivity contribution is 0.171. The molecule has 0 aromatic carbocycles. The molecule has 25 heavy (non-hydrogen) atoms. The molecular weight excluding hydrogens is 318 g/mol. The number of hydrogen-bond acceptors (Lipinski definition) is 6. The summed E-state index contributed by atoms with van der Waals surface area (Å²) in [5.74, 6) is 0.742. The van der Waals surface area contributed by atoms with E-state index in [4.69, 9.17) is 5.41 Å². The van der Waals surface area contributed by atoms with Crippen LogP contribution >= 0.6 is 0 Å². The average molecular weight is 347 g/mol. The molecule has 1 aliphatic rings. The molecule has 1 saturated carbocycles. The number of alkyl carbamates (subject to hydrolysis) is 1. The zero-order valence-electron chi connectivity index (χ0n) is 15.3. The number of carbonyl (C=O) groups excluding carboxylic acids is 1. The van der Waals surface area contributed by atoms with Gasteiger partial charge in [0.2, 0.25) is 0 Å². The number of anilines is 1. The molecule has 0 aliphatic heterocycles. The topological polar surface area (TPSA) is 99.1 Å². The van der Waals surface area contributed by atoms with Gasteiger partial charge < -0.3 is 26.1 Å². The van der Waals surface area contributed by atoms with Gasteiger partial charge in [0.05, 0.1) is 12.8 Å². The molecule has 1 aromatic rings. The first-order valence-corrected chi connectivity index (χ1v) is 8.95. The van der Waals surface area contributed by atoms with E-state index in [9.17, 15) is 4.79 Å². The van der Waals surface area contributed by atoms with Gasteiger partial charge in [-0.3, -0.25) is 0 Å². The summed E-state index contributed by atoms with van der Waals surface area (Å²) in [6.45, 7) is 5.28. The normalized spacial score (nSPS) is 14.7. The largest absolute Gasteiger partial charge is 0.453 e. The summed E-state index contributed by atoms with van der Waals surface area (Å²) < 4.78 is 4.54. The predicted molar refractivity (Wildman–Crippen MR) is 99.6 cm³/mol. The third-order valence-corrected chi connectivity index (χ3v) is 4.20. The maximum Gasteiger partial charge on any atom is 0.406 e. The number of methoxy groups -OCH3 is 1. The third-order valence-electron chi connectivity index (χ3n) is 4.20. The van der Waals surface area contributed by atoms with E-state index >= 15 is 0 Å². The van der Waals surface area contributed by atoms with Crippen LogP contribution in [0.25, 0.3) is 0 Å². The monoisotopic (exact) mass is 347 g/mol. The first-order chi connectivity index (χ1) is 12.0. The van der Waals surface area contributed by atoms with Crippen molar-refractivity contribution in [2.24, 2.45) is 0 Å². The van der Waals surface area contributed by atoms with Crippen molar-refractivity contribution in [1.29, 1.82) is 5.41 Å². The van der Waals surface area contributed by atoms with Crippen LogP contribution in [0, 0.1) is 5.41 Å². The molecule has 0 bridgehead atoms. The van der Waals surface area contributed by atoms with Gasteiger partial charge in [0.25, 0.3) is 0 Å². The molecule has 1 fully saturated rings. The van der Waals surface area contributed by atoms with Crippen LogP contribution in [0.1, 0.15) is 44.4 Å². The SMILES string of the molecule is CCc1ccc(C(=N)C(C)NC2CC2)c(NCCCNC(=O)OC)n1. The van der Waals surface area contributed by atoms with Gasteiger partial charge in [-0.2, -0.15) is 0 Å². The molecular formula is C18H29N5O2. The van der Waals surface area contributed by atoms with Crippen LogP contribution in [-0.4, -0.2) is 49.1 Å². The van der Waals surface area contributed by atoms with Crippen molar-refractivity contribution in [2.45, 2.75) is 51.6 Å². The van der Waals surface area contributed by atoms with Gasteiger partial charge in [-0.25, -0.2) is 9.78 Å². The molecule has 0 saturated heterocycles. The summed E-state index contributed by atoms with van der Waals surface area (Å²) in [5.41, 5.74) is 2.38. The van der Waals surface area contributed by atoms with E-state index in [0.29, 0.717) is 24.8 Å². The fourth-order valence-electron chi connectivity index (χ4n) is 2.53. The van der Waals surface area contributed by atoms with E-state index in [1.807, 2.05) is 19.1 Å². The molecule has 0 radical (unpaired) electrons. The zero-order valence-corrected chi connectivity index (χ0v) is 15.3. The van der Waals surface area contributed by atoms with Gasteiger partial charge in [0.1, 0.15) is 5.82 Å². The van der Waals surface area contributed by atoms with Crippen LogP contribution in [0.3, 0.4) is 0 Å². The van der Waals surface area contributed by atoms with Crippen LogP contribution in [0.4, 0.5) is 10.6 Å². The average Bonchev–Trinajstić information content (AvgIpc) is 3.44. The minimum absolute atomic E-state index is 0.00307. The predicted octanol–water partition coefficient (Wildman–Crippen LogP) is 2.31. The Labute approximate surface area is 149 Å². The maximum atomic E-state index is 11.0. The Hall–Kier alpha value is -2.15. The molecule has 1 aromatic heterocycles.